The average Bonchev–Trinajstić information content (AvgIpc) is 2.02. The third-order valence-electron chi connectivity index (χ3n) is 4.15. The molecule has 4 aliphatic rings. The molecule has 0 aromatic heterocycles. The Kier molecular flexibility index (Phi) is 3.03. The molecule has 4 heterocycles. The Morgan fingerprint density at radius 1 is 0.688 bits per heavy atom. The molecule has 16 heavy (non-hydrogen) atoms. The van der Waals surface area contributed by atoms with Gasteiger partial charge >= 0.3 is 0 Å². The van der Waals surface area contributed by atoms with Gasteiger partial charge in [0.05, 0.1) is 0 Å². The van der Waals surface area contributed by atoms with E-state index >= 15 is 0 Å². The highest BCUT2D eigenvalue weighted by Gasteiger charge is 2.46. The lowest BCUT2D eigenvalue weighted by molar-refractivity contribution is 0.0227. The lowest BCUT2D eigenvalue weighted by atomic mass is 9.76. The highest BCUT2D eigenvalue weighted by molar-refractivity contribution is 7.13. The summed E-state index contributed by atoms with van der Waals surface area (Å²) in [6.45, 7) is 10.1. The minimum atomic E-state index is 0.710. The quantitative estimate of drug-likeness (QED) is 0.567. The summed E-state index contributed by atoms with van der Waals surface area (Å²) < 4.78 is 4.58. The molecule has 2 spiro atoms. The molecule has 0 aromatic carbocycles. The molecule has 0 radical (unpaired) electrons. The van der Waals surface area contributed by atoms with E-state index in [1.807, 2.05) is 0 Å². The lowest BCUT2D eigenvalue weighted by Crippen LogP contribution is -2.68. The van der Waals surface area contributed by atoms with Crippen LogP contribution in [0.1, 0.15) is 0 Å². The van der Waals surface area contributed by atoms with Crippen molar-refractivity contribution in [3.05, 3.63) is 0 Å². The van der Waals surface area contributed by atoms with Crippen molar-refractivity contribution in [2.75, 3.05) is 52.4 Å². The molecule has 2 unspecified atom stereocenters. The molecule has 4 nitrogen and oxygen atoms in total. The van der Waals surface area contributed by atoms with Gasteiger partial charge < -0.3 is 10.6 Å². The molecule has 92 valence electrons. The largest absolute Gasteiger partial charge is 0.315 e. The van der Waals surface area contributed by atoms with E-state index in [2.05, 4.69) is 38.8 Å². The van der Waals surface area contributed by atoms with Gasteiger partial charge in [-0.25, -0.2) is 0 Å². The third-order valence-corrected chi connectivity index (χ3v) is 4.88. The van der Waals surface area contributed by atoms with E-state index in [0.29, 0.717) is 10.8 Å². The molecule has 4 fully saturated rings. The zero-order valence-corrected chi connectivity index (χ0v) is 12.0. The van der Waals surface area contributed by atoms with E-state index in [4.69, 9.17) is 0 Å². The maximum atomic E-state index is 3.29. The van der Waals surface area contributed by atoms with Crippen LogP contribution in [0.25, 0.3) is 0 Å². The number of nitrogens with zero attached hydrogens (tertiary/aromatic N) is 2. The Morgan fingerprint density at radius 3 is 1.06 bits per heavy atom. The first-order valence-electron chi connectivity index (χ1n) is 6.02. The van der Waals surface area contributed by atoms with E-state index in [1.165, 1.54) is 52.4 Å². The van der Waals surface area contributed by atoms with E-state index in [9.17, 15) is 0 Å². The maximum absolute atomic E-state index is 3.29. The van der Waals surface area contributed by atoms with Gasteiger partial charge in [0.25, 0.3) is 0 Å². The van der Waals surface area contributed by atoms with Gasteiger partial charge in [0.1, 0.15) is 0 Å². The first-order valence-corrected chi connectivity index (χ1v) is 7.06. The van der Waals surface area contributed by atoms with Crippen LogP contribution in [-0.2, 0) is 0 Å². The van der Waals surface area contributed by atoms with Crippen molar-refractivity contribution >= 4 is 18.8 Å². The normalized spacial score (nSPS) is 34.1. The molecule has 0 bridgehead atoms. The summed E-state index contributed by atoms with van der Waals surface area (Å²) >= 11 is 0. The van der Waals surface area contributed by atoms with E-state index in [-0.39, 0.29) is 0 Å². The summed E-state index contributed by atoms with van der Waals surface area (Å²) in [5.41, 5.74) is 1.42. The second-order valence-electron chi connectivity index (χ2n) is 6.02. The predicted octanol–water partition coefficient (Wildman–Crippen LogP) is -0.637. The smallest absolute Gasteiger partial charge is 0.0213 e. The topological polar surface area (TPSA) is 30.5 Å². The molecule has 2 N–H and O–H groups in total. The van der Waals surface area contributed by atoms with Gasteiger partial charge in [0.15, 0.2) is 0 Å². The molecule has 2 atom stereocenters. The van der Waals surface area contributed by atoms with Crippen LogP contribution in [0.2, 0.25) is 0 Å². The Bertz CT molecular complexity index is 234. The Morgan fingerprint density at radius 2 is 1.00 bits per heavy atom. The number of hydrogen-bond donors (Lipinski definition) is 2. The first kappa shape index (κ1) is 11.8. The summed E-state index contributed by atoms with van der Waals surface area (Å²) in [6.07, 6.45) is 0. The molecule has 0 amide bonds. The fourth-order valence-corrected chi connectivity index (χ4v) is 4.58. The van der Waals surface area contributed by atoms with Crippen molar-refractivity contribution in [2.24, 2.45) is 10.8 Å². The van der Waals surface area contributed by atoms with Gasteiger partial charge in [0.2, 0.25) is 0 Å². The molecule has 4 rings (SSSR count). The molecule has 4 aliphatic heterocycles. The van der Waals surface area contributed by atoms with E-state index in [1.54, 1.807) is 0 Å². The zero-order chi connectivity index (χ0) is 11.2. The van der Waals surface area contributed by atoms with Crippen LogP contribution in [0.3, 0.4) is 0 Å². The van der Waals surface area contributed by atoms with Crippen molar-refractivity contribution in [2.45, 2.75) is 0 Å². The Labute approximate surface area is 102 Å². The van der Waals surface area contributed by atoms with Crippen molar-refractivity contribution in [3.8, 4) is 0 Å². The Balaban J connectivity index is 0.000000101. The fourth-order valence-electron chi connectivity index (χ4n) is 3.03. The number of rotatable bonds is 0. The molecule has 6 heteroatoms. The minimum absolute atomic E-state index is 0.710. The van der Waals surface area contributed by atoms with Crippen LogP contribution in [0.5, 0.6) is 0 Å². The van der Waals surface area contributed by atoms with Gasteiger partial charge in [-0.15, -0.1) is 0 Å². The highest BCUT2D eigenvalue weighted by Crippen LogP contribution is 2.36. The molecular formula is C10H22N4P2. The van der Waals surface area contributed by atoms with Crippen LogP contribution in [0.15, 0.2) is 0 Å². The van der Waals surface area contributed by atoms with E-state index < -0.39 is 0 Å². The standard InChI is InChI=1S/2C5H11N2P/c2*8-7-3-5(4-7)1-6-2-5/h2*6H,1-4,8H2. The average molecular weight is 260 g/mol. The van der Waals surface area contributed by atoms with Gasteiger partial charge in [-0.05, 0) is 0 Å². The summed E-state index contributed by atoms with van der Waals surface area (Å²) in [6, 6.07) is 0. The lowest BCUT2D eigenvalue weighted by Gasteiger charge is -2.54. The number of hydrogen-bond acceptors (Lipinski definition) is 4. The minimum Gasteiger partial charge on any atom is -0.315 e. The zero-order valence-electron chi connectivity index (χ0n) is 9.71. The molecule has 0 aliphatic carbocycles. The summed E-state index contributed by atoms with van der Waals surface area (Å²) in [7, 11) is 5.46. The van der Waals surface area contributed by atoms with Crippen molar-refractivity contribution in [3.63, 3.8) is 0 Å². The summed E-state index contributed by atoms with van der Waals surface area (Å²) in [4.78, 5) is 0. The van der Waals surface area contributed by atoms with Gasteiger partial charge in [0, 0.05) is 63.2 Å². The van der Waals surface area contributed by atoms with Crippen LogP contribution < -0.4 is 10.6 Å². The second kappa shape index (κ2) is 4.12. The van der Waals surface area contributed by atoms with Crippen molar-refractivity contribution in [1.29, 1.82) is 0 Å². The molecule has 0 saturated carbocycles. The van der Waals surface area contributed by atoms with Crippen LogP contribution in [0.4, 0.5) is 0 Å². The predicted molar refractivity (Wildman–Crippen MR) is 73.2 cm³/mol. The van der Waals surface area contributed by atoms with Crippen LogP contribution in [-0.4, -0.2) is 61.7 Å². The van der Waals surface area contributed by atoms with Gasteiger partial charge in [-0.2, -0.15) is 0 Å². The summed E-state index contributed by atoms with van der Waals surface area (Å²) in [5.74, 6) is 0. The second-order valence-corrected chi connectivity index (χ2v) is 7.48. The maximum Gasteiger partial charge on any atom is 0.0213 e. The van der Waals surface area contributed by atoms with Crippen LogP contribution >= 0.6 is 18.8 Å². The Hall–Kier alpha value is 0.700. The van der Waals surface area contributed by atoms with Gasteiger partial charge in [-0.3, -0.25) is 9.34 Å². The molecular weight excluding hydrogens is 238 g/mol. The fraction of sp³-hybridized carbons (Fsp3) is 1.00. The third kappa shape index (κ3) is 2.05. The molecule has 4 saturated heterocycles. The highest BCUT2D eigenvalue weighted by atomic mass is 31.0. The SMILES string of the molecule is PN1CC2(CNC2)C1.PN1CC2(CNC2)C1. The number of nitrogens with one attached hydrogen (secondary N) is 2. The van der Waals surface area contributed by atoms with Crippen LogP contribution in [0, 0.1) is 10.8 Å². The van der Waals surface area contributed by atoms with Gasteiger partial charge in [-0.1, -0.05) is 18.8 Å². The summed E-state index contributed by atoms with van der Waals surface area (Å²) in [5, 5.41) is 6.58. The first-order chi connectivity index (χ1) is 7.62. The monoisotopic (exact) mass is 260 g/mol. The van der Waals surface area contributed by atoms with E-state index in [0.717, 1.165) is 0 Å². The molecule has 0 aromatic rings. The van der Waals surface area contributed by atoms with Crippen molar-refractivity contribution < 1.29 is 0 Å². The van der Waals surface area contributed by atoms with Crippen molar-refractivity contribution in [1.82, 2.24) is 20.0 Å².